The van der Waals surface area contributed by atoms with E-state index >= 15 is 0 Å². The van der Waals surface area contributed by atoms with Gasteiger partial charge in [-0.15, -0.1) is 0 Å². The minimum atomic E-state index is 0.683. The second-order valence-electron chi connectivity index (χ2n) is 3.13. The molecular weight excluding hydrogens is 258 g/mol. The Bertz CT molecular complexity index is 430. The molecular formula is C10H10BrN3O. The van der Waals surface area contributed by atoms with E-state index in [9.17, 15) is 0 Å². The summed E-state index contributed by atoms with van der Waals surface area (Å²) in [7, 11) is 1.95. The van der Waals surface area contributed by atoms with Gasteiger partial charge in [-0.2, -0.15) is 0 Å². The molecule has 0 aliphatic carbocycles. The molecule has 5 heteroatoms. The summed E-state index contributed by atoms with van der Waals surface area (Å²) in [4.78, 5) is 10.1. The summed E-state index contributed by atoms with van der Waals surface area (Å²) in [5.41, 5.74) is 0. The van der Waals surface area contributed by atoms with Crippen LogP contribution in [0.5, 0.6) is 0 Å². The first-order valence-corrected chi connectivity index (χ1v) is 5.25. The first-order chi connectivity index (χ1) is 7.27. The summed E-state index contributed by atoms with van der Waals surface area (Å²) >= 11 is 3.40. The number of nitrogens with zero attached hydrogens (tertiary/aromatic N) is 3. The molecule has 0 saturated carbocycles. The van der Waals surface area contributed by atoms with E-state index in [2.05, 4.69) is 25.9 Å². The van der Waals surface area contributed by atoms with Crippen LogP contribution in [-0.4, -0.2) is 17.0 Å². The van der Waals surface area contributed by atoms with Crippen molar-refractivity contribution in [1.82, 2.24) is 9.97 Å². The SMILES string of the molecule is CN(Cc1ccco1)c1ncncc1Br. The number of rotatable bonds is 3. The van der Waals surface area contributed by atoms with Crippen molar-refractivity contribution in [3.8, 4) is 0 Å². The molecule has 2 aromatic heterocycles. The van der Waals surface area contributed by atoms with Gasteiger partial charge in [0.2, 0.25) is 0 Å². The van der Waals surface area contributed by atoms with Gasteiger partial charge in [-0.1, -0.05) is 0 Å². The summed E-state index contributed by atoms with van der Waals surface area (Å²) in [5.74, 6) is 1.75. The predicted octanol–water partition coefficient (Wildman–Crippen LogP) is 2.47. The van der Waals surface area contributed by atoms with E-state index < -0.39 is 0 Å². The van der Waals surface area contributed by atoms with Gasteiger partial charge in [-0.05, 0) is 28.1 Å². The largest absolute Gasteiger partial charge is 0.467 e. The number of anilines is 1. The molecule has 2 heterocycles. The van der Waals surface area contributed by atoms with E-state index in [0.717, 1.165) is 16.1 Å². The van der Waals surface area contributed by atoms with Crippen molar-refractivity contribution in [2.24, 2.45) is 0 Å². The third-order valence-corrected chi connectivity index (χ3v) is 2.54. The minimum absolute atomic E-state index is 0.683. The van der Waals surface area contributed by atoms with Crippen LogP contribution in [0.1, 0.15) is 5.76 Å². The zero-order valence-electron chi connectivity index (χ0n) is 8.22. The molecule has 0 unspecified atom stereocenters. The molecule has 2 aromatic rings. The molecule has 0 atom stereocenters. The number of hydrogen-bond acceptors (Lipinski definition) is 4. The second-order valence-corrected chi connectivity index (χ2v) is 3.98. The van der Waals surface area contributed by atoms with Crippen LogP contribution in [0.3, 0.4) is 0 Å². The van der Waals surface area contributed by atoms with E-state index in [4.69, 9.17) is 4.42 Å². The zero-order valence-corrected chi connectivity index (χ0v) is 9.81. The molecule has 0 spiro atoms. The lowest BCUT2D eigenvalue weighted by molar-refractivity contribution is 0.506. The highest BCUT2D eigenvalue weighted by Crippen LogP contribution is 2.22. The second kappa shape index (κ2) is 4.44. The van der Waals surface area contributed by atoms with E-state index in [1.165, 1.54) is 6.33 Å². The Morgan fingerprint density at radius 1 is 1.53 bits per heavy atom. The number of halogens is 1. The first kappa shape index (κ1) is 10.2. The van der Waals surface area contributed by atoms with Gasteiger partial charge in [-0.3, -0.25) is 0 Å². The van der Waals surface area contributed by atoms with Gasteiger partial charge in [0.05, 0.1) is 17.3 Å². The summed E-state index contributed by atoms with van der Waals surface area (Å²) in [6.07, 6.45) is 4.91. The van der Waals surface area contributed by atoms with Crippen LogP contribution >= 0.6 is 15.9 Å². The highest BCUT2D eigenvalue weighted by atomic mass is 79.9. The fraction of sp³-hybridized carbons (Fsp3) is 0.200. The Kier molecular flexibility index (Phi) is 3.01. The molecule has 0 N–H and O–H groups in total. The smallest absolute Gasteiger partial charge is 0.146 e. The fourth-order valence-electron chi connectivity index (χ4n) is 1.30. The third-order valence-electron chi connectivity index (χ3n) is 1.98. The molecule has 15 heavy (non-hydrogen) atoms. The van der Waals surface area contributed by atoms with E-state index in [1.54, 1.807) is 12.5 Å². The Labute approximate surface area is 96.1 Å². The van der Waals surface area contributed by atoms with Crippen LogP contribution in [0, 0.1) is 0 Å². The fourth-order valence-corrected chi connectivity index (χ4v) is 1.82. The summed E-state index contributed by atoms with van der Waals surface area (Å²) in [6.45, 7) is 0.683. The van der Waals surface area contributed by atoms with Crippen molar-refractivity contribution in [2.45, 2.75) is 6.54 Å². The van der Waals surface area contributed by atoms with Crippen LogP contribution in [0.25, 0.3) is 0 Å². The average molecular weight is 268 g/mol. The molecule has 0 aromatic carbocycles. The maximum absolute atomic E-state index is 5.27. The molecule has 0 radical (unpaired) electrons. The molecule has 4 nitrogen and oxygen atoms in total. The zero-order chi connectivity index (χ0) is 10.7. The number of furan rings is 1. The summed E-state index contributed by atoms with van der Waals surface area (Å²) in [6, 6.07) is 3.81. The van der Waals surface area contributed by atoms with Gasteiger partial charge in [0, 0.05) is 13.2 Å². The van der Waals surface area contributed by atoms with Crippen LogP contribution < -0.4 is 4.90 Å². The maximum Gasteiger partial charge on any atom is 0.146 e. The van der Waals surface area contributed by atoms with Crippen molar-refractivity contribution < 1.29 is 4.42 Å². The van der Waals surface area contributed by atoms with Gasteiger partial charge >= 0.3 is 0 Å². The average Bonchev–Trinajstić information content (AvgIpc) is 2.71. The Morgan fingerprint density at radius 2 is 2.40 bits per heavy atom. The first-order valence-electron chi connectivity index (χ1n) is 4.46. The topological polar surface area (TPSA) is 42.2 Å². The van der Waals surface area contributed by atoms with Gasteiger partial charge < -0.3 is 9.32 Å². The van der Waals surface area contributed by atoms with Crippen molar-refractivity contribution in [2.75, 3.05) is 11.9 Å². The Balaban J connectivity index is 2.15. The Hall–Kier alpha value is -1.36. The quantitative estimate of drug-likeness (QED) is 0.857. The molecule has 0 amide bonds. The highest BCUT2D eigenvalue weighted by Gasteiger charge is 2.08. The summed E-state index contributed by atoms with van der Waals surface area (Å²) in [5, 5.41) is 0. The minimum Gasteiger partial charge on any atom is -0.467 e. The van der Waals surface area contributed by atoms with Crippen molar-refractivity contribution in [1.29, 1.82) is 0 Å². The molecule has 78 valence electrons. The highest BCUT2D eigenvalue weighted by molar-refractivity contribution is 9.10. The van der Waals surface area contributed by atoms with Gasteiger partial charge in [0.1, 0.15) is 17.9 Å². The third kappa shape index (κ3) is 2.36. The standard InChI is InChI=1S/C10H10BrN3O/c1-14(6-8-3-2-4-15-8)10-9(11)5-12-7-13-10/h2-5,7H,6H2,1H3. The molecule has 0 aliphatic rings. The number of hydrogen-bond donors (Lipinski definition) is 0. The summed E-state index contributed by atoms with van der Waals surface area (Å²) < 4.78 is 6.14. The maximum atomic E-state index is 5.27. The van der Waals surface area contributed by atoms with Crippen LogP contribution in [0.4, 0.5) is 5.82 Å². The van der Waals surface area contributed by atoms with Gasteiger partial charge in [0.15, 0.2) is 0 Å². The van der Waals surface area contributed by atoms with Crippen LogP contribution in [0.2, 0.25) is 0 Å². The molecule has 0 saturated heterocycles. The van der Waals surface area contributed by atoms with Crippen LogP contribution in [0.15, 0.2) is 39.8 Å². The molecule has 0 bridgehead atoms. The van der Waals surface area contributed by atoms with Gasteiger partial charge in [-0.25, -0.2) is 9.97 Å². The normalized spacial score (nSPS) is 10.3. The predicted molar refractivity (Wildman–Crippen MR) is 60.5 cm³/mol. The van der Waals surface area contributed by atoms with Crippen molar-refractivity contribution in [3.63, 3.8) is 0 Å². The molecule has 2 rings (SSSR count). The molecule has 0 fully saturated rings. The monoisotopic (exact) mass is 267 g/mol. The van der Waals surface area contributed by atoms with Crippen molar-refractivity contribution in [3.05, 3.63) is 41.2 Å². The lowest BCUT2D eigenvalue weighted by Gasteiger charge is -2.17. The van der Waals surface area contributed by atoms with Crippen LogP contribution in [-0.2, 0) is 6.54 Å². The van der Waals surface area contributed by atoms with Crippen molar-refractivity contribution >= 4 is 21.7 Å². The Morgan fingerprint density at radius 3 is 3.07 bits per heavy atom. The lowest BCUT2D eigenvalue weighted by Crippen LogP contribution is -2.17. The van der Waals surface area contributed by atoms with E-state index in [0.29, 0.717) is 6.54 Å². The number of aromatic nitrogens is 2. The molecule has 0 aliphatic heterocycles. The lowest BCUT2D eigenvalue weighted by atomic mass is 10.4. The van der Waals surface area contributed by atoms with E-state index in [1.807, 2.05) is 24.1 Å². The van der Waals surface area contributed by atoms with E-state index in [-0.39, 0.29) is 0 Å². The van der Waals surface area contributed by atoms with Gasteiger partial charge in [0.25, 0.3) is 0 Å².